The van der Waals surface area contributed by atoms with Gasteiger partial charge in [0.15, 0.2) is 5.96 Å². The van der Waals surface area contributed by atoms with E-state index in [1.54, 1.807) is 19.2 Å². The minimum Gasteiger partial charge on any atom is -0.381 e. The van der Waals surface area contributed by atoms with Crippen LogP contribution in [0.15, 0.2) is 29.3 Å². The molecule has 5 heteroatoms. The second-order valence-corrected chi connectivity index (χ2v) is 5.27. The molecule has 1 aromatic carbocycles. The van der Waals surface area contributed by atoms with Crippen molar-refractivity contribution in [3.8, 4) is 0 Å². The maximum atomic E-state index is 13.5. The molecule has 21 heavy (non-hydrogen) atoms. The van der Waals surface area contributed by atoms with E-state index in [0.717, 1.165) is 26.2 Å². The van der Waals surface area contributed by atoms with Crippen molar-refractivity contribution in [2.24, 2.45) is 10.9 Å². The maximum absolute atomic E-state index is 13.5. The van der Waals surface area contributed by atoms with Crippen LogP contribution in [0.25, 0.3) is 0 Å². The van der Waals surface area contributed by atoms with Gasteiger partial charge < -0.3 is 15.4 Å². The fourth-order valence-corrected chi connectivity index (χ4v) is 1.74. The lowest BCUT2D eigenvalue weighted by atomic mass is 10.2. The highest BCUT2D eigenvalue weighted by molar-refractivity contribution is 5.79. The van der Waals surface area contributed by atoms with Gasteiger partial charge in [-0.1, -0.05) is 32.0 Å². The molecule has 0 saturated heterocycles. The van der Waals surface area contributed by atoms with E-state index in [1.807, 2.05) is 6.07 Å². The van der Waals surface area contributed by atoms with Gasteiger partial charge in [-0.05, 0) is 18.4 Å². The first-order chi connectivity index (χ1) is 10.1. The summed E-state index contributed by atoms with van der Waals surface area (Å²) in [6.07, 6.45) is 0.910. The third kappa shape index (κ3) is 7.66. The Hall–Kier alpha value is -1.62. The van der Waals surface area contributed by atoms with Crippen LogP contribution in [0.1, 0.15) is 25.8 Å². The van der Waals surface area contributed by atoms with E-state index >= 15 is 0 Å². The van der Waals surface area contributed by atoms with Gasteiger partial charge in [-0.15, -0.1) is 0 Å². The van der Waals surface area contributed by atoms with Crippen LogP contribution in [-0.2, 0) is 11.3 Å². The predicted molar refractivity (Wildman–Crippen MR) is 84.9 cm³/mol. The van der Waals surface area contributed by atoms with Crippen molar-refractivity contribution in [2.45, 2.75) is 26.8 Å². The molecule has 4 nitrogen and oxygen atoms in total. The van der Waals surface area contributed by atoms with E-state index in [9.17, 15) is 4.39 Å². The smallest absolute Gasteiger partial charge is 0.191 e. The van der Waals surface area contributed by atoms with Crippen molar-refractivity contribution >= 4 is 5.96 Å². The molecule has 0 radical (unpaired) electrons. The number of halogens is 1. The first-order valence-electron chi connectivity index (χ1n) is 7.39. The number of nitrogens with one attached hydrogen (secondary N) is 2. The normalized spacial score (nSPS) is 11.8. The number of benzene rings is 1. The van der Waals surface area contributed by atoms with E-state index in [4.69, 9.17) is 4.74 Å². The van der Waals surface area contributed by atoms with E-state index in [-0.39, 0.29) is 5.82 Å². The van der Waals surface area contributed by atoms with Crippen molar-refractivity contribution in [2.75, 3.05) is 26.8 Å². The molecule has 0 amide bonds. The van der Waals surface area contributed by atoms with E-state index in [2.05, 4.69) is 29.5 Å². The first kappa shape index (κ1) is 17.4. The topological polar surface area (TPSA) is 45.7 Å². The van der Waals surface area contributed by atoms with Gasteiger partial charge in [-0.2, -0.15) is 0 Å². The van der Waals surface area contributed by atoms with Crippen molar-refractivity contribution < 1.29 is 9.13 Å². The molecule has 0 spiro atoms. The Balaban J connectivity index is 2.19. The van der Waals surface area contributed by atoms with Crippen LogP contribution in [-0.4, -0.2) is 32.8 Å². The monoisotopic (exact) mass is 295 g/mol. The molecule has 0 unspecified atom stereocenters. The minimum absolute atomic E-state index is 0.206. The van der Waals surface area contributed by atoms with Crippen LogP contribution in [0.2, 0.25) is 0 Å². The molecule has 0 atom stereocenters. The van der Waals surface area contributed by atoms with Gasteiger partial charge in [0.1, 0.15) is 5.82 Å². The first-order valence-corrected chi connectivity index (χ1v) is 7.39. The van der Waals surface area contributed by atoms with Gasteiger partial charge in [-0.3, -0.25) is 4.99 Å². The van der Waals surface area contributed by atoms with Crippen molar-refractivity contribution in [3.05, 3.63) is 35.6 Å². The summed E-state index contributed by atoms with van der Waals surface area (Å²) in [5.41, 5.74) is 0.626. The van der Waals surface area contributed by atoms with Gasteiger partial charge >= 0.3 is 0 Å². The fraction of sp³-hybridized carbons (Fsp3) is 0.562. The number of guanidine groups is 1. The predicted octanol–water partition coefficient (Wildman–Crippen LogP) is 2.55. The number of ether oxygens (including phenoxy) is 1. The van der Waals surface area contributed by atoms with Crippen LogP contribution >= 0.6 is 0 Å². The van der Waals surface area contributed by atoms with Gasteiger partial charge in [0.2, 0.25) is 0 Å². The lowest BCUT2D eigenvalue weighted by Crippen LogP contribution is -2.37. The second-order valence-electron chi connectivity index (χ2n) is 5.27. The van der Waals surface area contributed by atoms with Crippen LogP contribution < -0.4 is 10.6 Å². The molecule has 0 heterocycles. The SMILES string of the molecule is CN=C(NCCCOCC(C)C)NCc1ccccc1F. The van der Waals surface area contributed by atoms with Crippen LogP contribution in [0.4, 0.5) is 4.39 Å². The Bertz CT molecular complexity index is 435. The molecule has 0 aliphatic rings. The molecule has 118 valence electrons. The number of nitrogens with zero attached hydrogens (tertiary/aromatic N) is 1. The Morgan fingerprint density at radius 2 is 2.05 bits per heavy atom. The van der Waals surface area contributed by atoms with Crippen molar-refractivity contribution in [1.82, 2.24) is 10.6 Å². The molecular formula is C16H26FN3O. The van der Waals surface area contributed by atoms with Gasteiger partial charge in [0.05, 0.1) is 0 Å². The second kappa shape index (κ2) is 10.2. The molecule has 0 fully saturated rings. The van der Waals surface area contributed by atoms with Crippen LogP contribution in [0.5, 0.6) is 0 Å². The molecule has 0 aliphatic carbocycles. The number of rotatable bonds is 8. The van der Waals surface area contributed by atoms with Crippen molar-refractivity contribution in [1.29, 1.82) is 0 Å². The summed E-state index contributed by atoms with van der Waals surface area (Å²) in [4.78, 5) is 4.11. The number of aliphatic imine (C=N–C) groups is 1. The van der Waals surface area contributed by atoms with E-state index in [0.29, 0.717) is 24.0 Å². The van der Waals surface area contributed by atoms with Crippen LogP contribution in [0, 0.1) is 11.7 Å². The minimum atomic E-state index is -0.206. The summed E-state index contributed by atoms with van der Waals surface area (Å²) in [7, 11) is 1.70. The van der Waals surface area contributed by atoms with Crippen LogP contribution in [0.3, 0.4) is 0 Å². The van der Waals surface area contributed by atoms with Crippen molar-refractivity contribution in [3.63, 3.8) is 0 Å². The quantitative estimate of drug-likeness (QED) is 0.440. The summed E-state index contributed by atoms with van der Waals surface area (Å²) in [5, 5.41) is 6.28. The fourth-order valence-electron chi connectivity index (χ4n) is 1.74. The average molecular weight is 295 g/mol. The Morgan fingerprint density at radius 3 is 2.71 bits per heavy atom. The van der Waals surface area contributed by atoms with Gasteiger partial charge in [0.25, 0.3) is 0 Å². The zero-order valence-electron chi connectivity index (χ0n) is 13.2. The molecule has 0 aliphatic heterocycles. The average Bonchev–Trinajstić information content (AvgIpc) is 2.47. The highest BCUT2D eigenvalue weighted by atomic mass is 19.1. The summed E-state index contributed by atoms with van der Waals surface area (Å²) in [6, 6.07) is 6.72. The largest absolute Gasteiger partial charge is 0.381 e. The lowest BCUT2D eigenvalue weighted by Gasteiger charge is -2.12. The van der Waals surface area contributed by atoms with E-state index < -0.39 is 0 Å². The summed E-state index contributed by atoms with van der Waals surface area (Å²) in [6.45, 7) is 6.97. The maximum Gasteiger partial charge on any atom is 0.191 e. The highest BCUT2D eigenvalue weighted by Crippen LogP contribution is 2.05. The third-order valence-corrected chi connectivity index (χ3v) is 2.84. The molecule has 1 aromatic rings. The zero-order valence-corrected chi connectivity index (χ0v) is 13.2. The molecule has 0 aromatic heterocycles. The molecule has 0 saturated carbocycles. The van der Waals surface area contributed by atoms with Gasteiger partial charge in [0, 0.05) is 38.9 Å². The Kier molecular flexibility index (Phi) is 8.43. The Labute approximate surface area is 126 Å². The summed E-state index contributed by atoms with van der Waals surface area (Å²) in [5.74, 6) is 1.03. The molecule has 0 bridgehead atoms. The summed E-state index contributed by atoms with van der Waals surface area (Å²) < 4.78 is 19.0. The molecule has 2 N–H and O–H groups in total. The zero-order chi connectivity index (χ0) is 15.5. The lowest BCUT2D eigenvalue weighted by molar-refractivity contribution is 0.108. The highest BCUT2D eigenvalue weighted by Gasteiger charge is 2.02. The Morgan fingerprint density at radius 1 is 1.29 bits per heavy atom. The molecule has 1 rings (SSSR count). The standard InChI is InChI=1S/C16H26FN3O/c1-13(2)12-21-10-6-9-19-16(18-3)20-11-14-7-4-5-8-15(14)17/h4-5,7-8,13H,6,9-12H2,1-3H3,(H2,18,19,20). The molecular weight excluding hydrogens is 269 g/mol. The number of hydrogen-bond acceptors (Lipinski definition) is 2. The summed E-state index contributed by atoms with van der Waals surface area (Å²) >= 11 is 0. The van der Waals surface area contributed by atoms with E-state index in [1.165, 1.54) is 6.07 Å². The van der Waals surface area contributed by atoms with Gasteiger partial charge in [-0.25, -0.2) is 4.39 Å². The number of hydrogen-bond donors (Lipinski definition) is 2. The third-order valence-electron chi connectivity index (χ3n) is 2.84.